The molecule has 0 amide bonds. The number of carbonyl (C=O) groups excluding carboxylic acids is 3. The van der Waals surface area contributed by atoms with Gasteiger partial charge in [-0.25, -0.2) is 0 Å². The smallest absolute Gasteiger partial charge is 0.319 e. The minimum atomic E-state index is -0.735. The first-order valence-electron chi connectivity index (χ1n) is 18.8. The van der Waals surface area contributed by atoms with Crippen LogP contribution in [0.4, 0.5) is 5.69 Å². The lowest BCUT2D eigenvalue weighted by molar-refractivity contribution is -0.157. The summed E-state index contributed by atoms with van der Waals surface area (Å²) in [4.78, 5) is 46.9. The predicted octanol–water partition coefficient (Wildman–Crippen LogP) is 8.37. The number of Topliss-reactive ketones (excluding diaryl/α,β-unsaturated/α-hetero) is 1. The average molecular weight is 794 g/mol. The number of ketones is 1. The number of ether oxygens (including phenoxy) is 5. The fourth-order valence-electron chi connectivity index (χ4n) is 7.95. The van der Waals surface area contributed by atoms with Gasteiger partial charge in [0, 0.05) is 73.4 Å². The standard InChI is InChI=1S/C40H54Cl2N2O8S/c1-24-10-9-15-40(4,49-6)19-25(2)36(45)26(3)35-34(23-50-38(24)46)52-39(47)37(35)53-17-16-44(22-29-30(41)20-43-21-31(29)42)27-13-14-32(48-5)33(18-27)51-28-11-7-8-12-28/h13-14,18,20-21,24-26,28,34-35,37H,7-12,15-17,19,22-23H2,1-6H3/t24?,25?,26?,34-,35?,37?,40?/m0/s1. The Hall–Kier alpha value is -2.73. The number of thioether (sulfide) groups is 1. The highest BCUT2D eigenvalue weighted by atomic mass is 35.5. The van der Waals surface area contributed by atoms with Crippen molar-refractivity contribution < 1.29 is 38.1 Å². The van der Waals surface area contributed by atoms with Gasteiger partial charge in [-0.15, -0.1) is 11.8 Å². The van der Waals surface area contributed by atoms with E-state index in [9.17, 15) is 14.4 Å². The molecule has 2 saturated heterocycles. The third-order valence-corrected chi connectivity index (χ3v) is 13.2. The second-order valence-corrected chi connectivity index (χ2v) is 17.1. The van der Waals surface area contributed by atoms with Crippen molar-refractivity contribution in [2.24, 2.45) is 23.7 Å². The van der Waals surface area contributed by atoms with Crippen molar-refractivity contribution in [3.63, 3.8) is 0 Å². The molecule has 10 nitrogen and oxygen atoms in total. The van der Waals surface area contributed by atoms with E-state index >= 15 is 0 Å². The zero-order valence-electron chi connectivity index (χ0n) is 31.7. The molecule has 0 radical (unpaired) electrons. The minimum absolute atomic E-state index is 0.0422. The van der Waals surface area contributed by atoms with E-state index < -0.39 is 34.8 Å². The lowest BCUT2D eigenvalue weighted by atomic mass is 9.77. The Morgan fingerprint density at radius 3 is 2.36 bits per heavy atom. The Morgan fingerprint density at radius 1 is 0.962 bits per heavy atom. The van der Waals surface area contributed by atoms with Gasteiger partial charge < -0.3 is 28.6 Å². The number of hydrogen-bond donors (Lipinski definition) is 0. The molecule has 0 bridgehead atoms. The Labute approximate surface area is 328 Å². The topological polar surface area (TPSA) is 113 Å². The van der Waals surface area contributed by atoms with E-state index in [0.29, 0.717) is 59.6 Å². The van der Waals surface area contributed by atoms with Crippen LogP contribution in [0.25, 0.3) is 0 Å². The molecule has 3 aliphatic rings. The molecule has 2 aromatic rings. The third-order valence-electron chi connectivity index (χ3n) is 11.2. The molecule has 1 aromatic carbocycles. The maximum absolute atomic E-state index is 14.1. The summed E-state index contributed by atoms with van der Waals surface area (Å²) >= 11 is 14.7. The van der Waals surface area contributed by atoms with E-state index in [-0.39, 0.29) is 36.3 Å². The van der Waals surface area contributed by atoms with Gasteiger partial charge >= 0.3 is 11.9 Å². The van der Waals surface area contributed by atoms with E-state index in [0.717, 1.165) is 43.4 Å². The number of nitrogens with zero attached hydrogens (tertiary/aromatic N) is 2. The first kappa shape index (κ1) is 41.4. The summed E-state index contributed by atoms with van der Waals surface area (Å²) < 4.78 is 29.6. The molecule has 1 aromatic heterocycles. The molecule has 5 rings (SSSR count). The number of cyclic esters (lactones) is 1. The molecule has 13 heteroatoms. The van der Waals surface area contributed by atoms with Crippen LogP contribution in [0.5, 0.6) is 11.5 Å². The number of carbonyl (C=O) groups is 3. The highest BCUT2D eigenvalue weighted by Gasteiger charge is 2.50. The lowest BCUT2D eigenvalue weighted by Gasteiger charge is -2.34. The molecule has 53 heavy (non-hydrogen) atoms. The first-order valence-corrected chi connectivity index (χ1v) is 20.6. The van der Waals surface area contributed by atoms with Gasteiger partial charge in [0.1, 0.15) is 23.7 Å². The second kappa shape index (κ2) is 18.7. The van der Waals surface area contributed by atoms with Crippen molar-refractivity contribution in [1.82, 2.24) is 4.98 Å². The highest BCUT2D eigenvalue weighted by Crippen LogP contribution is 2.41. The van der Waals surface area contributed by atoms with Gasteiger partial charge in [-0.3, -0.25) is 19.4 Å². The number of anilines is 1. The van der Waals surface area contributed by atoms with Crippen molar-refractivity contribution in [3.05, 3.63) is 46.2 Å². The number of hydrogen-bond acceptors (Lipinski definition) is 11. The molecule has 3 heterocycles. The molecule has 0 N–H and O–H groups in total. The van der Waals surface area contributed by atoms with Gasteiger partial charge in [-0.05, 0) is 70.4 Å². The van der Waals surface area contributed by atoms with Crippen molar-refractivity contribution >= 4 is 58.4 Å². The number of pyridine rings is 1. The number of rotatable bonds is 11. The molecule has 6 unspecified atom stereocenters. The fraction of sp³-hybridized carbons (Fsp3) is 0.650. The number of aromatic nitrogens is 1. The number of esters is 2. The SMILES string of the molecule is COc1ccc(N(CCSC2C(=O)O[C@H]3COC(=O)C(C)CCCC(C)(OC)CC(C)C(=O)C(C)C23)Cc2c(Cl)cncc2Cl)cc1OC1CCCC1. The summed E-state index contributed by atoms with van der Waals surface area (Å²) in [6.45, 7) is 8.46. The van der Waals surface area contributed by atoms with Crippen LogP contribution in [-0.4, -0.2) is 78.9 Å². The van der Waals surface area contributed by atoms with Gasteiger partial charge in [0.05, 0.1) is 34.8 Å². The zero-order chi connectivity index (χ0) is 38.3. The number of benzene rings is 1. The van der Waals surface area contributed by atoms with Crippen molar-refractivity contribution in [3.8, 4) is 11.5 Å². The normalized spacial score (nSPS) is 28.9. The first-order chi connectivity index (χ1) is 25.3. The summed E-state index contributed by atoms with van der Waals surface area (Å²) in [5, 5.41) is 0.252. The molecular weight excluding hydrogens is 739 g/mol. The highest BCUT2D eigenvalue weighted by molar-refractivity contribution is 8.00. The maximum Gasteiger partial charge on any atom is 0.319 e. The predicted molar refractivity (Wildman–Crippen MR) is 208 cm³/mol. The summed E-state index contributed by atoms with van der Waals surface area (Å²) in [7, 11) is 3.30. The Morgan fingerprint density at radius 2 is 1.68 bits per heavy atom. The molecule has 1 saturated carbocycles. The van der Waals surface area contributed by atoms with Crippen LogP contribution in [0.2, 0.25) is 10.0 Å². The van der Waals surface area contributed by atoms with Crippen LogP contribution in [0.15, 0.2) is 30.6 Å². The van der Waals surface area contributed by atoms with Gasteiger partial charge in [0.15, 0.2) is 11.5 Å². The molecule has 7 atom stereocenters. The van der Waals surface area contributed by atoms with E-state index in [1.54, 1.807) is 26.6 Å². The van der Waals surface area contributed by atoms with Crippen LogP contribution >= 0.6 is 35.0 Å². The van der Waals surface area contributed by atoms with Crippen molar-refractivity contribution in [2.75, 3.05) is 38.0 Å². The van der Waals surface area contributed by atoms with Crippen LogP contribution in [-0.2, 0) is 35.1 Å². The Kier molecular flexibility index (Phi) is 14.6. The minimum Gasteiger partial charge on any atom is -0.493 e. The van der Waals surface area contributed by atoms with E-state index in [1.807, 2.05) is 45.9 Å². The Balaban J connectivity index is 1.39. The number of methoxy groups -OCH3 is 2. The number of fused-ring (bicyclic) bond motifs is 1. The van der Waals surface area contributed by atoms with Crippen LogP contribution in [0.1, 0.15) is 84.6 Å². The molecule has 292 valence electrons. The van der Waals surface area contributed by atoms with E-state index in [2.05, 4.69) is 9.88 Å². The molecular formula is C40H54Cl2N2O8S. The summed E-state index contributed by atoms with van der Waals surface area (Å²) in [5.41, 5.74) is 1.07. The summed E-state index contributed by atoms with van der Waals surface area (Å²) in [6.07, 6.45) is 9.47. The molecule has 2 aliphatic heterocycles. The molecule has 1 aliphatic carbocycles. The van der Waals surface area contributed by atoms with Crippen molar-refractivity contribution in [1.29, 1.82) is 0 Å². The van der Waals surface area contributed by atoms with Gasteiger partial charge in [0.25, 0.3) is 0 Å². The van der Waals surface area contributed by atoms with Gasteiger partial charge in [-0.2, -0.15) is 0 Å². The molecule has 3 fully saturated rings. The quantitative estimate of drug-likeness (QED) is 0.205. The lowest BCUT2D eigenvalue weighted by Crippen LogP contribution is -2.41. The Bertz CT molecular complexity index is 1570. The van der Waals surface area contributed by atoms with Gasteiger partial charge in [0.2, 0.25) is 0 Å². The van der Waals surface area contributed by atoms with Crippen LogP contribution in [0, 0.1) is 23.7 Å². The third kappa shape index (κ3) is 10.3. The molecule has 0 spiro atoms. The largest absolute Gasteiger partial charge is 0.493 e. The summed E-state index contributed by atoms with van der Waals surface area (Å²) in [5.74, 6) is -0.517. The summed E-state index contributed by atoms with van der Waals surface area (Å²) in [6, 6.07) is 5.85. The van der Waals surface area contributed by atoms with E-state index in [1.165, 1.54) is 11.8 Å². The maximum atomic E-state index is 14.1. The van der Waals surface area contributed by atoms with Crippen molar-refractivity contribution in [2.45, 2.75) is 109 Å². The fourth-order valence-corrected chi connectivity index (χ4v) is 9.83. The average Bonchev–Trinajstić information content (AvgIpc) is 3.77. The second-order valence-electron chi connectivity index (χ2n) is 15.1. The zero-order valence-corrected chi connectivity index (χ0v) is 34.1. The van der Waals surface area contributed by atoms with Crippen LogP contribution < -0.4 is 14.4 Å². The van der Waals surface area contributed by atoms with E-state index in [4.69, 9.17) is 46.9 Å². The van der Waals surface area contributed by atoms with Crippen LogP contribution in [0.3, 0.4) is 0 Å². The number of halogens is 2. The van der Waals surface area contributed by atoms with Gasteiger partial charge in [-0.1, -0.05) is 44.0 Å². The monoisotopic (exact) mass is 792 g/mol.